The number of aliphatic carboxylic acids is 2. The number of amides is 3. The van der Waals surface area contributed by atoms with Crippen LogP contribution in [0.3, 0.4) is 0 Å². The van der Waals surface area contributed by atoms with Crippen LogP contribution in [-0.2, 0) is 28.8 Å². The molecule has 0 aromatic heterocycles. The lowest BCUT2D eigenvalue weighted by molar-refractivity contribution is -0.175. The molecule has 0 aliphatic rings. The Morgan fingerprint density at radius 1 is 0.833 bits per heavy atom. The van der Waals surface area contributed by atoms with Crippen molar-refractivity contribution in [3.63, 3.8) is 0 Å². The van der Waals surface area contributed by atoms with Crippen LogP contribution in [0.5, 0.6) is 5.75 Å². The van der Waals surface area contributed by atoms with Crippen molar-refractivity contribution in [1.29, 1.82) is 0 Å². The minimum Gasteiger partial charge on any atom is -0.481 e. The highest BCUT2D eigenvalue weighted by Gasteiger charge is 2.41. The van der Waals surface area contributed by atoms with Gasteiger partial charge in [-0.2, -0.15) is 22.0 Å². The minimum atomic E-state index is -5.45. The summed E-state index contributed by atoms with van der Waals surface area (Å²) in [5.41, 5.74) is 0. The van der Waals surface area contributed by atoms with E-state index in [1.807, 2.05) is 10.6 Å². The minimum absolute atomic E-state index is 0.145. The number of benzene rings is 1. The molecule has 42 heavy (non-hydrogen) atoms. The number of Topliss-reactive ketones (excluding diaryl/α,β-unsaturated/α-hetero) is 1. The zero-order valence-corrected chi connectivity index (χ0v) is 21.6. The topological polar surface area (TPSA) is 188 Å². The quantitative estimate of drug-likeness (QED) is 0.142. The summed E-state index contributed by atoms with van der Waals surface area (Å²) in [6, 6.07) is -5.98. The van der Waals surface area contributed by atoms with Crippen LogP contribution < -0.4 is 20.7 Å². The number of hydrogen-bond donors (Lipinski definition) is 5. The standard InChI is InChI=1S/C23H24F7N3O9/c1-8(2)18(33-20(39)11(3-4-14(35)36)32-22(41)23(28,29)30)21(40)31-12(6-15(37)38)13(34)7-42-19-16(26)9(24)5-10(25)17(19)27/h5,8,11-12,18H,3-4,6-7H2,1-2H3,(H,31,40)(H,32,41)(H,33,39)(H,35,36)(H,37,38)/t11-,12-,18-/m0/s1. The van der Waals surface area contributed by atoms with Gasteiger partial charge in [0, 0.05) is 12.5 Å². The first-order chi connectivity index (χ1) is 19.3. The predicted molar refractivity (Wildman–Crippen MR) is 123 cm³/mol. The van der Waals surface area contributed by atoms with E-state index >= 15 is 0 Å². The molecule has 0 spiro atoms. The van der Waals surface area contributed by atoms with Crippen LogP contribution in [0.25, 0.3) is 0 Å². The number of carboxylic acids is 2. The first kappa shape index (κ1) is 35.6. The largest absolute Gasteiger partial charge is 0.481 e. The number of hydrogen-bond acceptors (Lipinski definition) is 7. The van der Waals surface area contributed by atoms with E-state index in [2.05, 4.69) is 4.74 Å². The van der Waals surface area contributed by atoms with Crippen molar-refractivity contribution in [2.75, 3.05) is 6.61 Å². The van der Waals surface area contributed by atoms with Crippen molar-refractivity contribution in [3.05, 3.63) is 29.3 Å². The Kier molecular flexibility index (Phi) is 12.7. The van der Waals surface area contributed by atoms with Crippen molar-refractivity contribution >= 4 is 35.4 Å². The Balaban J connectivity index is 3.13. The maximum atomic E-state index is 13.8. The monoisotopic (exact) mass is 619 g/mol. The van der Waals surface area contributed by atoms with Gasteiger partial charge in [0.25, 0.3) is 0 Å². The Bertz CT molecular complexity index is 1200. The SMILES string of the molecule is CC(C)[C@H](NC(=O)[C@H](CCC(=O)O)NC(=O)C(F)(F)F)C(=O)N[C@@H](CC(=O)O)C(=O)COc1c(F)c(F)cc(F)c1F. The van der Waals surface area contributed by atoms with Gasteiger partial charge in [0.15, 0.2) is 23.2 Å². The second kappa shape index (κ2) is 15.0. The number of halogens is 7. The molecule has 0 fully saturated rings. The summed E-state index contributed by atoms with van der Waals surface area (Å²) in [4.78, 5) is 71.4. The zero-order valence-electron chi connectivity index (χ0n) is 21.6. The van der Waals surface area contributed by atoms with E-state index in [-0.39, 0.29) is 6.07 Å². The number of carboxylic acid groups (broad SMARTS) is 2. The Hall–Kier alpha value is -4.45. The van der Waals surface area contributed by atoms with Crippen molar-refractivity contribution in [2.45, 2.75) is 57.4 Å². The van der Waals surface area contributed by atoms with E-state index in [4.69, 9.17) is 10.2 Å². The highest BCUT2D eigenvalue weighted by atomic mass is 19.4. The number of rotatable bonds is 15. The summed E-state index contributed by atoms with van der Waals surface area (Å²) in [5, 5.41) is 23.1. The highest BCUT2D eigenvalue weighted by molar-refractivity contribution is 5.96. The molecular weight excluding hydrogens is 595 g/mol. The molecule has 12 nitrogen and oxygen atoms in total. The van der Waals surface area contributed by atoms with Gasteiger partial charge in [0.2, 0.25) is 23.4 Å². The number of alkyl halides is 3. The van der Waals surface area contributed by atoms with Gasteiger partial charge in [-0.15, -0.1) is 0 Å². The summed E-state index contributed by atoms with van der Waals surface area (Å²) < 4.78 is 96.8. The molecule has 0 aliphatic heterocycles. The van der Waals surface area contributed by atoms with Gasteiger partial charge in [-0.25, -0.2) is 8.78 Å². The van der Waals surface area contributed by atoms with Gasteiger partial charge in [-0.05, 0) is 12.3 Å². The number of carbonyl (C=O) groups excluding carboxylic acids is 4. The normalized spacial score (nSPS) is 13.5. The van der Waals surface area contributed by atoms with Crippen molar-refractivity contribution < 1.29 is 74.5 Å². The van der Waals surface area contributed by atoms with Gasteiger partial charge in [0.05, 0.1) is 6.42 Å². The van der Waals surface area contributed by atoms with Gasteiger partial charge in [0.1, 0.15) is 24.7 Å². The first-order valence-electron chi connectivity index (χ1n) is 11.7. The highest BCUT2D eigenvalue weighted by Crippen LogP contribution is 2.26. The van der Waals surface area contributed by atoms with Crippen LogP contribution in [0.4, 0.5) is 30.7 Å². The fourth-order valence-electron chi connectivity index (χ4n) is 3.17. The second-order valence-electron chi connectivity index (χ2n) is 8.90. The first-order valence-corrected chi connectivity index (χ1v) is 11.7. The van der Waals surface area contributed by atoms with E-state index < -0.39 is 121 Å². The van der Waals surface area contributed by atoms with Crippen molar-refractivity contribution in [3.8, 4) is 5.75 Å². The van der Waals surface area contributed by atoms with Crippen molar-refractivity contribution in [2.24, 2.45) is 5.92 Å². The summed E-state index contributed by atoms with van der Waals surface area (Å²) >= 11 is 0. The Morgan fingerprint density at radius 2 is 1.38 bits per heavy atom. The molecule has 0 aliphatic carbocycles. The third-order valence-electron chi connectivity index (χ3n) is 5.29. The summed E-state index contributed by atoms with van der Waals surface area (Å²) in [7, 11) is 0. The molecular formula is C23H24F7N3O9. The average Bonchev–Trinajstić information content (AvgIpc) is 2.86. The molecule has 1 aromatic rings. The van der Waals surface area contributed by atoms with Gasteiger partial charge in [-0.1, -0.05) is 13.8 Å². The van der Waals surface area contributed by atoms with Crippen molar-refractivity contribution in [1.82, 2.24) is 16.0 Å². The van der Waals surface area contributed by atoms with E-state index in [1.54, 1.807) is 0 Å². The molecule has 234 valence electrons. The third kappa shape index (κ3) is 10.5. The van der Waals surface area contributed by atoms with Crippen LogP contribution in [0.2, 0.25) is 0 Å². The number of ketones is 1. The molecule has 19 heteroatoms. The lowest BCUT2D eigenvalue weighted by Gasteiger charge is -2.27. The van der Waals surface area contributed by atoms with Crippen LogP contribution in [-0.4, -0.2) is 76.6 Å². The molecule has 0 saturated heterocycles. The molecule has 0 heterocycles. The van der Waals surface area contributed by atoms with Crippen LogP contribution in [0.1, 0.15) is 33.1 Å². The van der Waals surface area contributed by atoms with E-state index in [0.717, 1.165) is 0 Å². The maximum absolute atomic E-state index is 13.8. The van der Waals surface area contributed by atoms with Crippen LogP contribution in [0, 0.1) is 29.2 Å². The zero-order chi connectivity index (χ0) is 32.5. The lowest BCUT2D eigenvalue weighted by Crippen LogP contribution is -2.58. The molecule has 3 amide bonds. The molecule has 5 N–H and O–H groups in total. The fourth-order valence-corrected chi connectivity index (χ4v) is 3.17. The molecule has 0 bridgehead atoms. The van der Waals surface area contributed by atoms with Gasteiger partial charge < -0.3 is 30.9 Å². The molecule has 0 radical (unpaired) electrons. The van der Waals surface area contributed by atoms with Crippen LogP contribution in [0.15, 0.2) is 6.07 Å². The summed E-state index contributed by atoms with van der Waals surface area (Å²) in [6.45, 7) is 1.19. The Morgan fingerprint density at radius 3 is 1.83 bits per heavy atom. The smallest absolute Gasteiger partial charge is 0.471 e. The maximum Gasteiger partial charge on any atom is 0.471 e. The third-order valence-corrected chi connectivity index (χ3v) is 5.29. The number of ether oxygens (including phenoxy) is 1. The molecule has 0 unspecified atom stereocenters. The Labute approximate surface area is 231 Å². The summed E-state index contributed by atoms with van der Waals surface area (Å²) in [6.07, 6.45) is -8.33. The van der Waals surface area contributed by atoms with Gasteiger partial charge in [-0.3, -0.25) is 28.8 Å². The molecule has 0 saturated carbocycles. The van der Waals surface area contributed by atoms with Gasteiger partial charge >= 0.3 is 24.0 Å². The molecule has 1 rings (SSSR count). The average molecular weight is 619 g/mol. The molecule has 1 aromatic carbocycles. The summed E-state index contributed by atoms with van der Waals surface area (Å²) in [5.74, 6) is -20.3. The second-order valence-corrected chi connectivity index (χ2v) is 8.90. The molecule has 3 atom stereocenters. The lowest BCUT2D eigenvalue weighted by atomic mass is 10.0. The fraction of sp³-hybridized carbons (Fsp3) is 0.478. The van der Waals surface area contributed by atoms with E-state index in [9.17, 15) is 59.5 Å². The van der Waals surface area contributed by atoms with E-state index in [1.165, 1.54) is 19.2 Å². The van der Waals surface area contributed by atoms with Crippen LogP contribution >= 0.6 is 0 Å². The predicted octanol–water partition coefficient (Wildman–Crippen LogP) is 1.20. The number of carbonyl (C=O) groups is 6. The van der Waals surface area contributed by atoms with E-state index in [0.29, 0.717) is 0 Å². The number of nitrogens with one attached hydrogen (secondary N) is 3.